The number of nitrogens with one attached hydrogen (secondary N) is 2. The molecule has 1 aromatic rings. The summed E-state index contributed by atoms with van der Waals surface area (Å²) in [6, 6.07) is 4.80. The predicted octanol–water partition coefficient (Wildman–Crippen LogP) is 3.67. The normalized spacial score (nSPS) is 22.4. The number of halogens is 2. The number of carbonyl (C=O) groups excluding carboxylic acids is 1. The van der Waals surface area contributed by atoms with Gasteiger partial charge in [0.05, 0.1) is 10.7 Å². The molecule has 2 rings (SSSR count). The summed E-state index contributed by atoms with van der Waals surface area (Å²) in [6.07, 6.45) is 3.67. The van der Waals surface area contributed by atoms with Crippen LogP contribution in [0.1, 0.15) is 25.7 Å². The van der Waals surface area contributed by atoms with Gasteiger partial charge in [-0.05, 0) is 49.8 Å². The number of hydrogen-bond acceptors (Lipinski definition) is 2. The van der Waals surface area contributed by atoms with Gasteiger partial charge in [0.25, 0.3) is 0 Å². The minimum absolute atomic E-state index is 0.149. The molecule has 1 aromatic carbocycles. The SMILES string of the molecule is O=C(Nc1cc(Cl)ccc1Cl)NC1CCC(CO)CC1. The molecule has 6 heteroatoms. The van der Waals surface area contributed by atoms with Crippen molar-refractivity contribution in [3.05, 3.63) is 28.2 Å². The van der Waals surface area contributed by atoms with Crippen molar-refractivity contribution in [2.75, 3.05) is 11.9 Å². The van der Waals surface area contributed by atoms with Crippen molar-refractivity contribution < 1.29 is 9.90 Å². The van der Waals surface area contributed by atoms with Gasteiger partial charge in [-0.25, -0.2) is 4.79 Å². The number of benzene rings is 1. The van der Waals surface area contributed by atoms with Crippen molar-refractivity contribution in [3.63, 3.8) is 0 Å². The molecule has 0 aliphatic heterocycles. The van der Waals surface area contributed by atoms with Crippen molar-refractivity contribution >= 4 is 34.9 Å². The zero-order valence-corrected chi connectivity index (χ0v) is 12.5. The van der Waals surface area contributed by atoms with Gasteiger partial charge >= 0.3 is 6.03 Å². The molecule has 0 saturated heterocycles. The van der Waals surface area contributed by atoms with E-state index >= 15 is 0 Å². The molecule has 0 radical (unpaired) electrons. The van der Waals surface area contributed by atoms with Crippen molar-refractivity contribution in [3.8, 4) is 0 Å². The maximum absolute atomic E-state index is 11.9. The first-order chi connectivity index (χ1) is 9.58. The summed E-state index contributed by atoms with van der Waals surface area (Å²) in [7, 11) is 0. The molecule has 0 bridgehead atoms. The fourth-order valence-corrected chi connectivity index (χ4v) is 2.76. The van der Waals surface area contributed by atoms with E-state index in [4.69, 9.17) is 28.3 Å². The monoisotopic (exact) mass is 316 g/mol. The van der Waals surface area contributed by atoms with Gasteiger partial charge in [-0.3, -0.25) is 0 Å². The van der Waals surface area contributed by atoms with Crippen LogP contribution in [-0.2, 0) is 0 Å². The third-order valence-corrected chi connectivity index (χ3v) is 4.18. The van der Waals surface area contributed by atoms with E-state index in [-0.39, 0.29) is 18.7 Å². The summed E-state index contributed by atoms with van der Waals surface area (Å²) in [5.74, 6) is 0.374. The second-order valence-electron chi connectivity index (χ2n) is 5.12. The Bertz CT molecular complexity index is 474. The third kappa shape index (κ3) is 4.27. The van der Waals surface area contributed by atoms with Gasteiger partial charge in [0.2, 0.25) is 0 Å². The molecule has 0 heterocycles. The van der Waals surface area contributed by atoms with E-state index in [0.29, 0.717) is 21.7 Å². The lowest BCUT2D eigenvalue weighted by molar-refractivity contribution is 0.176. The van der Waals surface area contributed by atoms with Crippen molar-refractivity contribution in [1.82, 2.24) is 5.32 Å². The summed E-state index contributed by atoms with van der Waals surface area (Å²) in [4.78, 5) is 11.9. The van der Waals surface area contributed by atoms with Crippen molar-refractivity contribution in [2.24, 2.45) is 5.92 Å². The summed E-state index contributed by atoms with van der Waals surface area (Å²) >= 11 is 11.9. The quantitative estimate of drug-likeness (QED) is 0.796. The first kappa shape index (κ1) is 15.4. The molecule has 0 spiro atoms. The molecule has 1 aliphatic rings. The lowest BCUT2D eigenvalue weighted by Gasteiger charge is -2.28. The first-order valence-electron chi connectivity index (χ1n) is 6.72. The average Bonchev–Trinajstić information content (AvgIpc) is 2.43. The average molecular weight is 317 g/mol. The van der Waals surface area contributed by atoms with Crippen LogP contribution in [0.4, 0.5) is 10.5 Å². The van der Waals surface area contributed by atoms with Gasteiger partial charge in [0.15, 0.2) is 0 Å². The number of amides is 2. The molecular weight excluding hydrogens is 299 g/mol. The highest BCUT2D eigenvalue weighted by molar-refractivity contribution is 6.35. The standard InChI is InChI=1S/C14H18Cl2N2O2/c15-10-3-6-12(16)13(7-10)18-14(20)17-11-4-1-9(8-19)2-5-11/h3,6-7,9,11,19H,1-2,4-5,8H2,(H2,17,18,20). The molecule has 20 heavy (non-hydrogen) atoms. The van der Waals surface area contributed by atoms with Gasteiger partial charge < -0.3 is 15.7 Å². The highest BCUT2D eigenvalue weighted by Crippen LogP contribution is 2.26. The molecular formula is C14H18Cl2N2O2. The number of rotatable bonds is 3. The van der Waals surface area contributed by atoms with Crippen LogP contribution in [0.5, 0.6) is 0 Å². The Labute approximate surface area is 128 Å². The van der Waals surface area contributed by atoms with E-state index in [1.165, 1.54) is 0 Å². The smallest absolute Gasteiger partial charge is 0.319 e. The molecule has 2 amide bonds. The van der Waals surface area contributed by atoms with Gasteiger partial charge in [0, 0.05) is 17.7 Å². The zero-order chi connectivity index (χ0) is 14.5. The maximum Gasteiger partial charge on any atom is 0.319 e. The zero-order valence-electron chi connectivity index (χ0n) is 11.0. The molecule has 1 aliphatic carbocycles. The highest BCUT2D eigenvalue weighted by atomic mass is 35.5. The predicted molar refractivity (Wildman–Crippen MR) is 81.4 cm³/mol. The molecule has 1 saturated carbocycles. The second-order valence-corrected chi connectivity index (χ2v) is 5.97. The Morgan fingerprint density at radius 3 is 2.60 bits per heavy atom. The number of anilines is 1. The minimum atomic E-state index is -0.276. The summed E-state index contributed by atoms with van der Waals surface area (Å²) in [5.41, 5.74) is 0.501. The Kier molecular flexibility index (Phi) is 5.52. The van der Waals surface area contributed by atoms with Crippen LogP contribution >= 0.6 is 23.2 Å². The largest absolute Gasteiger partial charge is 0.396 e. The molecule has 1 fully saturated rings. The second kappa shape index (κ2) is 7.16. The lowest BCUT2D eigenvalue weighted by Crippen LogP contribution is -2.40. The van der Waals surface area contributed by atoms with Crippen molar-refractivity contribution in [1.29, 1.82) is 0 Å². The fraction of sp³-hybridized carbons (Fsp3) is 0.500. The minimum Gasteiger partial charge on any atom is -0.396 e. The van der Waals surface area contributed by atoms with Gasteiger partial charge in [-0.2, -0.15) is 0 Å². The highest BCUT2D eigenvalue weighted by Gasteiger charge is 2.22. The van der Waals surface area contributed by atoms with Crippen LogP contribution < -0.4 is 10.6 Å². The third-order valence-electron chi connectivity index (χ3n) is 3.62. The van der Waals surface area contributed by atoms with Crippen LogP contribution in [-0.4, -0.2) is 23.8 Å². The van der Waals surface area contributed by atoms with E-state index in [1.807, 2.05) is 0 Å². The topological polar surface area (TPSA) is 61.4 Å². The van der Waals surface area contributed by atoms with Crippen LogP contribution in [0.2, 0.25) is 10.0 Å². The molecule has 110 valence electrons. The van der Waals surface area contributed by atoms with Crippen LogP contribution in [0, 0.1) is 5.92 Å². The fourth-order valence-electron chi connectivity index (χ4n) is 2.43. The van der Waals surface area contributed by atoms with E-state index in [0.717, 1.165) is 25.7 Å². The Morgan fingerprint density at radius 2 is 1.95 bits per heavy atom. The Hall–Kier alpha value is -0.970. The summed E-state index contributed by atoms with van der Waals surface area (Å²) in [6.45, 7) is 0.233. The Balaban J connectivity index is 1.85. The van der Waals surface area contributed by atoms with E-state index in [9.17, 15) is 4.79 Å². The summed E-state index contributed by atoms with van der Waals surface area (Å²) in [5, 5.41) is 15.7. The summed E-state index contributed by atoms with van der Waals surface area (Å²) < 4.78 is 0. The lowest BCUT2D eigenvalue weighted by atomic mass is 9.87. The molecule has 0 aromatic heterocycles. The van der Waals surface area contributed by atoms with E-state index in [1.54, 1.807) is 18.2 Å². The number of hydrogen-bond donors (Lipinski definition) is 3. The Morgan fingerprint density at radius 1 is 1.25 bits per heavy atom. The molecule has 0 unspecified atom stereocenters. The van der Waals surface area contributed by atoms with Crippen LogP contribution in [0.25, 0.3) is 0 Å². The number of carbonyl (C=O) groups is 1. The van der Waals surface area contributed by atoms with Gasteiger partial charge in [-0.15, -0.1) is 0 Å². The van der Waals surface area contributed by atoms with Crippen molar-refractivity contribution in [2.45, 2.75) is 31.7 Å². The molecule has 0 atom stereocenters. The number of aliphatic hydroxyl groups is 1. The van der Waals surface area contributed by atoms with Crippen LogP contribution in [0.3, 0.4) is 0 Å². The van der Waals surface area contributed by atoms with E-state index in [2.05, 4.69) is 10.6 Å². The number of urea groups is 1. The van der Waals surface area contributed by atoms with Gasteiger partial charge in [0.1, 0.15) is 0 Å². The van der Waals surface area contributed by atoms with Crippen LogP contribution in [0.15, 0.2) is 18.2 Å². The maximum atomic E-state index is 11.9. The molecule has 3 N–H and O–H groups in total. The number of aliphatic hydroxyl groups excluding tert-OH is 1. The first-order valence-corrected chi connectivity index (χ1v) is 7.47. The van der Waals surface area contributed by atoms with E-state index < -0.39 is 0 Å². The molecule has 4 nitrogen and oxygen atoms in total. The van der Waals surface area contributed by atoms with Gasteiger partial charge in [-0.1, -0.05) is 23.2 Å².